The molecule has 1 amide bonds. The first kappa shape index (κ1) is 21.0. The molecule has 0 saturated carbocycles. The number of unbranched alkanes of at least 4 members (excludes halogenated alkanes) is 1. The minimum Gasteiger partial charge on any atom is -0.496 e. The van der Waals surface area contributed by atoms with Crippen molar-refractivity contribution < 1.29 is 28.6 Å². The molecule has 7 nitrogen and oxygen atoms in total. The summed E-state index contributed by atoms with van der Waals surface area (Å²) >= 11 is 0. The second kappa shape index (κ2) is 10.7. The lowest BCUT2D eigenvalue weighted by atomic mass is 10.2. The van der Waals surface area contributed by atoms with Gasteiger partial charge >= 0.3 is 11.9 Å². The topological polar surface area (TPSA) is 90.9 Å². The average Bonchev–Trinajstić information content (AvgIpc) is 2.72. The first-order valence-electron chi connectivity index (χ1n) is 8.92. The molecular weight excluding hydrogens is 362 g/mol. The molecule has 0 saturated heterocycles. The van der Waals surface area contributed by atoms with E-state index in [-0.39, 0.29) is 5.56 Å². The van der Waals surface area contributed by atoms with Gasteiger partial charge in [-0.2, -0.15) is 0 Å². The lowest BCUT2D eigenvalue weighted by Gasteiger charge is -2.09. The molecule has 0 aliphatic heterocycles. The van der Waals surface area contributed by atoms with Crippen LogP contribution in [0.5, 0.6) is 5.75 Å². The number of carbonyl (C=O) groups is 3. The van der Waals surface area contributed by atoms with Crippen molar-refractivity contribution in [1.82, 2.24) is 0 Å². The summed E-state index contributed by atoms with van der Waals surface area (Å²) in [6.07, 6.45) is 1.76. The number of hydrogen-bond acceptors (Lipinski definition) is 6. The van der Waals surface area contributed by atoms with Crippen molar-refractivity contribution >= 4 is 23.5 Å². The standard InChI is InChI=1S/C21H23NO6/c1-3-4-13-27-20(24)15-9-11-16(12-10-15)22-19(23)14-28-21(25)17-7-5-6-8-18(17)26-2/h5-12H,3-4,13-14H2,1-2H3,(H,22,23). The van der Waals surface area contributed by atoms with Gasteiger partial charge in [0.25, 0.3) is 5.91 Å². The molecule has 0 fully saturated rings. The molecule has 0 radical (unpaired) electrons. The Balaban J connectivity index is 1.84. The minimum atomic E-state index is -0.655. The fourth-order valence-corrected chi connectivity index (χ4v) is 2.30. The third-order valence-electron chi connectivity index (χ3n) is 3.80. The van der Waals surface area contributed by atoms with Gasteiger partial charge in [-0.1, -0.05) is 25.5 Å². The van der Waals surface area contributed by atoms with Crippen molar-refractivity contribution in [2.24, 2.45) is 0 Å². The molecule has 1 N–H and O–H groups in total. The van der Waals surface area contributed by atoms with Crippen molar-refractivity contribution in [3.63, 3.8) is 0 Å². The van der Waals surface area contributed by atoms with Gasteiger partial charge in [-0.3, -0.25) is 4.79 Å². The lowest BCUT2D eigenvalue weighted by Crippen LogP contribution is -2.21. The number of nitrogens with one attached hydrogen (secondary N) is 1. The number of hydrogen-bond donors (Lipinski definition) is 1. The molecule has 7 heteroatoms. The first-order valence-corrected chi connectivity index (χ1v) is 8.92. The summed E-state index contributed by atoms with van der Waals surface area (Å²) in [5, 5.41) is 2.60. The quantitative estimate of drug-likeness (QED) is 0.525. The Morgan fingerprint density at radius 2 is 1.64 bits per heavy atom. The molecule has 0 heterocycles. The van der Waals surface area contributed by atoms with Crippen LogP contribution >= 0.6 is 0 Å². The molecule has 2 rings (SSSR count). The average molecular weight is 385 g/mol. The van der Waals surface area contributed by atoms with Crippen molar-refractivity contribution in [3.05, 3.63) is 59.7 Å². The number of para-hydroxylation sites is 1. The molecular formula is C21H23NO6. The number of amides is 1. The second-order valence-electron chi connectivity index (χ2n) is 5.89. The maximum atomic E-state index is 12.1. The Morgan fingerprint density at radius 3 is 2.32 bits per heavy atom. The summed E-state index contributed by atoms with van der Waals surface area (Å²) < 4.78 is 15.2. The Morgan fingerprint density at radius 1 is 0.929 bits per heavy atom. The predicted octanol–water partition coefficient (Wildman–Crippen LogP) is 3.45. The van der Waals surface area contributed by atoms with E-state index in [0.717, 1.165) is 12.8 Å². The Hall–Kier alpha value is -3.35. The number of ether oxygens (including phenoxy) is 3. The molecule has 0 aromatic heterocycles. The van der Waals surface area contributed by atoms with Crippen molar-refractivity contribution in [2.75, 3.05) is 25.6 Å². The van der Waals surface area contributed by atoms with Gasteiger partial charge < -0.3 is 19.5 Å². The zero-order valence-electron chi connectivity index (χ0n) is 15.9. The molecule has 0 unspecified atom stereocenters. The van der Waals surface area contributed by atoms with E-state index in [1.165, 1.54) is 7.11 Å². The molecule has 0 spiro atoms. The Bertz CT molecular complexity index is 816. The van der Waals surface area contributed by atoms with Crippen LogP contribution in [-0.4, -0.2) is 38.2 Å². The number of benzene rings is 2. The van der Waals surface area contributed by atoms with Gasteiger partial charge in [0.05, 0.1) is 19.3 Å². The molecule has 148 valence electrons. The van der Waals surface area contributed by atoms with E-state index in [4.69, 9.17) is 14.2 Å². The van der Waals surface area contributed by atoms with Crippen LogP contribution in [-0.2, 0) is 14.3 Å². The normalized spacial score (nSPS) is 10.1. The van der Waals surface area contributed by atoms with Gasteiger partial charge in [0.15, 0.2) is 6.61 Å². The molecule has 0 aliphatic rings. The molecule has 0 bridgehead atoms. The monoisotopic (exact) mass is 385 g/mol. The Kier molecular flexibility index (Phi) is 8.02. The maximum absolute atomic E-state index is 12.1. The molecule has 0 aliphatic carbocycles. The van der Waals surface area contributed by atoms with E-state index in [0.29, 0.717) is 23.6 Å². The molecule has 28 heavy (non-hydrogen) atoms. The zero-order valence-corrected chi connectivity index (χ0v) is 15.9. The highest BCUT2D eigenvalue weighted by atomic mass is 16.5. The highest BCUT2D eigenvalue weighted by Crippen LogP contribution is 2.18. The second-order valence-corrected chi connectivity index (χ2v) is 5.89. The smallest absolute Gasteiger partial charge is 0.342 e. The van der Waals surface area contributed by atoms with Gasteiger partial charge in [0.2, 0.25) is 0 Å². The van der Waals surface area contributed by atoms with Crippen LogP contribution < -0.4 is 10.1 Å². The van der Waals surface area contributed by atoms with Crippen LogP contribution in [0.2, 0.25) is 0 Å². The van der Waals surface area contributed by atoms with Crippen molar-refractivity contribution in [2.45, 2.75) is 19.8 Å². The third kappa shape index (κ3) is 6.12. The third-order valence-corrected chi connectivity index (χ3v) is 3.80. The van der Waals surface area contributed by atoms with E-state index in [1.54, 1.807) is 48.5 Å². The fourth-order valence-electron chi connectivity index (χ4n) is 2.30. The van der Waals surface area contributed by atoms with Gasteiger partial charge in [-0.15, -0.1) is 0 Å². The van der Waals surface area contributed by atoms with Crippen LogP contribution in [0.4, 0.5) is 5.69 Å². The predicted molar refractivity (Wildman–Crippen MR) is 104 cm³/mol. The molecule has 2 aromatic rings. The lowest BCUT2D eigenvalue weighted by molar-refractivity contribution is -0.119. The summed E-state index contributed by atoms with van der Waals surface area (Å²) in [6.45, 7) is 1.95. The van der Waals surface area contributed by atoms with Gasteiger partial charge in [0, 0.05) is 5.69 Å². The summed E-state index contributed by atoms with van der Waals surface area (Å²) in [7, 11) is 1.45. The number of anilines is 1. The van der Waals surface area contributed by atoms with Gasteiger partial charge in [-0.05, 0) is 42.8 Å². The van der Waals surface area contributed by atoms with Crippen LogP contribution in [0.15, 0.2) is 48.5 Å². The maximum Gasteiger partial charge on any atom is 0.342 e. The van der Waals surface area contributed by atoms with Crippen LogP contribution in [0.3, 0.4) is 0 Å². The van der Waals surface area contributed by atoms with Crippen molar-refractivity contribution in [3.8, 4) is 5.75 Å². The van der Waals surface area contributed by atoms with Crippen LogP contribution in [0.1, 0.15) is 40.5 Å². The van der Waals surface area contributed by atoms with Gasteiger partial charge in [0.1, 0.15) is 11.3 Å². The molecule has 0 atom stereocenters. The zero-order chi connectivity index (χ0) is 20.4. The first-order chi connectivity index (χ1) is 13.5. The highest BCUT2D eigenvalue weighted by Gasteiger charge is 2.15. The number of esters is 2. The largest absolute Gasteiger partial charge is 0.496 e. The highest BCUT2D eigenvalue weighted by molar-refractivity contribution is 5.97. The summed E-state index contributed by atoms with van der Waals surface area (Å²) in [5.41, 5.74) is 1.11. The number of rotatable bonds is 9. The molecule has 2 aromatic carbocycles. The Labute approximate surface area is 163 Å². The van der Waals surface area contributed by atoms with Crippen molar-refractivity contribution in [1.29, 1.82) is 0 Å². The fraction of sp³-hybridized carbons (Fsp3) is 0.286. The van der Waals surface area contributed by atoms with E-state index in [1.807, 2.05) is 6.92 Å². The van der Waals surface area contributed by atoms with E-state index < -0.39 is 24.5 Å². The van der Waals surface area contributed by atoms with Gasteiger partial charge in [-0.25, -0.2) is 9.59 Å². The minimum absolute atomic E-state index is 0.240. The van der Waals surface area contributed by atoms with E-state index in [9.17, 15) is 14.4 Å². The summed E-state index contributed by atoms with van der Waals surface area (Å²) in [4.78, 5) is 35.9. The van der Waals surface area contributed by atoms with Crippen LogP contribution in [0, 0.1) is 0 Å². The number of carbonyl (C=O) groups excluding carboxylic acids is 3. The SMILES string of the molecule is CCCCOC(=O)c1ccc(NC(=O)COC(=O)c2ccccc2OC)cc1. The van der Waals surface area contributed by atoms with E-state index >= 15 is 0 Å². The van der Waals surface area contributed by atoms with Crippen LogP contribution in [0.25, 0.3) is 0 Å². The summed E-state index contributed by atoms with van der Waals surface area (Å²) in [6, 6.07) is 12.9. The van der Waals surface area contributed by atoms with E-state index in [2.05, 4.69) is 5.32 Å². The number of methoxy groups -OCH3 is 1. The summed E-state index contributed by atoms with van der Waals surface area (Å²) in [5.74, 6) is -1.19.